The summed E-state index contributed by atoms with van der Waals surface area (Å²) in [5, 5.41) is 17.5. The van der Waals surface area contributed by atoms with Crippen molar-refractivity contribution in [2.24, 2.45) is 0 Å². The first-order chi connectivity index (χ1) is 11.4. The number of carbonyl (C=O) groups is 3. The van der Waals surface area contributed by atoms with Crippen LogP contribution < -0.4 is 4.74 Å². The number of Topliss-reactive ketones (excluding diaryl/α,β-unsaturated/α-hetero) is 1. The fourth-order valence-corrected chi connectivity index (χ4v) is 3.17. The van der Waals surface area contributed by atoms with E-state index in [1.165, 1.54) is 25.3 Å². The molecule has 0 aliphatic rings. The Morgan fingerprint density at radius 3 is 2.25 bits per heavy atom. The van der Waals surface area contributed by atoms with E-state index in [0.717, 1.165) is 11.8 Å². The second-order valence-electron chi connectivity index (χ2n) is 4.74. The van der Waals surface area contributed by atoms with Gasteiger partial charge in [-0.15, -0.1) is 11.8 Å². The van der Waals surface area contributed by atoms with Crippen molar-refractivity contribution in [1.82, 2.24) is 0 Å². The number of thioether (sulfide) groups is 1. The van der Waals surface area contributed by atoms with E-state index in [0.29, 0.717) is 11.3 Å². The van der Waals surface area contributed by atoms with Crippen LogP contribution in [-0.2, 0) is 9.59 Å². The van der Waals surface area contributed by atoms with Gasteiger partial charge in [0, 0.05) is 10.5 Å². The lowest BCUT2D eigenvalue weighted by Gasteiger charge is -2.15. The van der Waals surface area contributed by atoms with Gasteiger partial charge < -0.3 is 14.9 Å². The van der Waals surface area contributed by atoms with E-state index in [1.807, 2.05) is 0 Å². The highest BCUT2D eigenvalue weighted by Crippen LogP contribution is 2.39. The van der Waals surface area contributed by atoms with E-state index < -0.39 is 23.0 Å². The summed E-state index contributed by atoms with van der Waals surface area (Å²) in [6.45, 7) is 0. The van der Waals surface area contributed by atoms with Crippen LogP contribution in [0.15, 0.2) is 53.4 Å². The Kier molecular flexibility index (Phi) is 5.59. The quantitative estimate of drug-likeness (QED) is 0.451. The van der Waals surface area contributed by atoms with Gasteiger partial charge in [0.05, 0.1) is 7.11 Å². The number of ketones is 1. The third-order valence-corrected chi connectivity index (χ3v) is 4.50. The van der Waals surface area contributed by atoms with Crippen LogP contribution in [-0.4, -0.2) is 35.0 Å². The molecular formula is C17H14O6S. The Bertz CT molecular complexity index is 772. The summed E-state index contributed by atoms with van der Waals surface area (Å²) >= 11 is 0.888. The highest BCUT2D eigenvalue weighted by Gasteiger charge is 2.26. The van der Waals surface area contributed by atoms with Gasteiger partial charge in [-0.05, 0) is 23.8 Å². The van der Waals surface area contributed by atoms with E-state index in [-0.39, 0.29) is 10.5 Å². The van der Waals surface area contributed by atoms with Crippen LogP contribution in [0, 0.1) is 0 Å². The van der Waals surface area contributed by atoms with Crippen molar-refractivity contribution in [3.8, 4) is 5.75 Å². The molecule has 2 aromatic carbocycles. The van der Waals surface area contributed by atoms with E-state index in [9.17, 15) is 19.5 Å². The van der Waals surface area contributed by atoms with Gasteiger partial charge in [0.2, 0.25) is 0 Å². The Hall–Kier alpha value is -2.80. The fourth-order valence-electron chi connectivity index (χ4n) is 2.05. The number of carbonyl (C=O) groups excluding carboxylic acids is 1. The minimum absolute atomic E-state index is 0.0736. The van der Waals surface area contributed by atoms with Gasteiger partial charge >= 0.3 is 11.9 Å². The second-order valence-corrected chi connectivity index (χ2v) is 5.89. The number of methoxy groups -OCH3 is 1. The lowest BCUT2D eigenvalue weighted by atomic mass is 10.1. The van der Waals surface area contributed by atoms with E-state index >= 15 is 0 Å². The predicted octanol–water partition coefficient (Wildman–Crippen LogP) is 2.88. The van der Waals surface area contributed by atoms with Crippen molar-refractivity contribution in [2.45, 2.75) is 10.1 Å². The Balaban J connectivity index is 2.47. The van der Waals surface area contributed by atoms with Crippen LogP contribution >= 0.6 is 11.8 Å². The molecule has 0 fully saturated rings. The average molecular weight is 346 g/mol. The summed E-state index contributed by atoms with van der Waals surface area (Å²) in [6, 6.07) is 12.7. The molecule has 124 valence electrons. The van der Waals surface area contributed by atoms with Gasteiger partial charge in [0.1, 0.15) is 11.0 Å². The zero-order valence-corrected chi connectivity index (χ0v) is 13.4. The SMILES string of the molecule is COc1ccc(C(=O)C(=O)O)c(SC(C(=O)O)c2ccccc2)c1. The molecule has 7 heteroatoms. The van der Waals surface area contributed by atoms with Crippen LogP contribution in [0.1, 0.15) is 21.2 Å². The average Bonchev–Trinajstić information content (AvgIpc) is 2.59. The molecule has 0 saturated heterocycles. The maximum Gasteiger partial charge on any atom is 0.377 e. The van der Waals surface area contributed by atoms with Crippen LogP contribution in [0.3, 0.4) is 0 Å². The number of hydrogen-bond acceptors (Lipinski definition) is 5. The van der Waals surface area contributed by atoms with Gasteiger partial charge in [-0.3, -0.25) is 9.59 Å². The first-order valence-corrected chi connectivity index (χ1v) is 7.72. The molecule has 1 atom stereocenters. The van der Waals surface area contributed by atoms with Crippen molar-refractivity contribution < 1.29 is 29.3 Å². The lowest BCUT2D eigenvalue weighted by molar-refractivity contribution is -0.136. The van der Waals surface area contributed by atoms with Gasteiger partial charge in [-0.25, -0.2) is 4.79 Å². The Morgan fingerprint density at radius 2 is 1.71 bits per heavy atom. The van der Waals surface area contributed by atoms with Crippen molar-refractivity contribution >= 4 is 29.5 Å². The topological polar surface area (TPSA) is 101 Å². The van der Waals surface area contributed by atoms with Crippen LogP contribution in [0.2, 0.25) is 0 Å². The Labute approximate surface area is 142 Å². The molecule has 0 aliphatic heterocycles. The summed E-state index contributed by atoms with van der Waals surface area (Å²) in [6.07, 6.45) is 0. The van der Waals surface area contributed by atoms with Crippen LogP contribution in [0.5, 0.6) is 5.75 Å². The first-order valence-electron chi connectivity index (χ1n) is 6.84. The van der Waals surface area contributed by atoms with Gasteiger partial charge in [-0.1, -0.05) is 30.3 Å². The number of benzene rings is 2. The smallest absolute Gasteiger partial charge is 0.377 e. The van der Waals surface area contributed by atoms with E-state index in [1.54, 1.807) is 30.3 Å². The van der Waals surface area contributed by atoms with Crippen LogP contribution in [0.4, 0.5) is 0 Å². The third-order valence-electron chi connectivity index (χ3n) is 3.20. The van der Waals surface area contributed by atoms with Crippen molar-refractivity contribution in [3.63, 3.8) is 0 Å². The summed E-state index contributed by atoms with van der Waals surface area (Å²) in [5.74, 6) is -3.40. The van der Waals surface area contributed by atoms with Gasteiger partial charge in [-0.2, -0.15) is 0 Å². The lowest BCUT2D eigenvalue weighted by Crippen LogP contribution is -2.15. The molecule has 0 heterocycles. The van der Waals surface area contributed by atoms with E-state index in [4.69, 9.17) is 9.84 Å². The fraction of sp³-hybridized carbons (Fsp3) is 0.118. The number of carboxylic acids is 2. The first kappa shape index (κ1) is 17.6. The molecule has 0 saturated carbocycles. The van der Waals surface area contributed by atoms with E-state index in [2.05, 4.69) is 0 Å². The minimum atomic E-state index is -1.60. The molecule has 0 radical (unpaired) electrons. The van der Waals surface area contributed by atoms with Crippen molar-refractivity contribution in [3.05, 3.63) is 59.7 Å². The number of ether oxygens (including phenoxy) is 1. The summed E-state index contributed by atoms with van der Waals surface area (Å²) in [7, 11) is 1.42. The largest absolute Gasteiger partial charge is 0.497 e. The molecule has 2 N–H and O–H groups in total. The zero-order valence-electron chi connectivity index (χ0n) is 12.6. The number of rotatable bonds is 7. The second kappa shape index (κ2) is 7.65. The number of hydrogen-bond donors (Lipinski definition) is 2. The normalized spacial score (nSPS) is 11.5. The molecule has 1 unspecified atom stereocenters. The molecule has 0 aromatic heterocycles. The van der Waals surface area contributed by atoms with Crippen LogP contribution in [0.25, 0.3) is 0 Å². The molecule has 2 aromatic rings. The number of carboxylic acid groups (broad SMARTS) is 2. The van der Waals surface area contributed by atoms with Crippen molar-refractivity contribution in [2.75, 3.05) is 7.11 Å². The molecule has 24 heavy (non-hydrogen) atoms. The maximum atomic E-state index is 11.9. The molecular weight excluding hydrogens is 332 g/mol. The summed E-state index contributed by atoms with van der Waals surface area (Å²) in [5.41, 5.74) is 0.460. The number of aliphatic carboxylic acids is 2. The zero-order chi connectivity index (χ0) is 17.7. The highest BCUT2D eigenvalue weighted by molar-refractivity contribution is 8.00. The standard InChI is InChI=1S/C17H14O6S/c1-23-11-7-8-12(14(18)16(19)20)13(9-11)24-15(17(21)22)10-5-3-2-4-6-10/h2-9,15H,1H3,(H,19,20)(H,21,22). The molecule has 2 rings (SSSR count). The molecule has 6 nitrogen and oxygen atoms in total. The summed E-state index contributed by atoms with van der Waals surface area (Å²) < 4.78 is 5.08. The van der Waals surface area contributed by atoms with Gasteiger partial charge in [0.25, 0.3) is 5.78 Å². The molecule has 0 aliphatic carbocycles. The highest BCUT2D eigenvalue weighted by atomic mass is 32.2. The minimum Gasteiger partial charge on any atom is -0.497 e. The maximum absolute atomic E-state index is 11.9. The molecule has 0 bridgehead atoms. The summed E-state index contributed by atoms with van der Waals surface area (Å²) in [4.78, 5) is 34.7. The predicted molar refractivity (Wildman–Crippen MR) is 87.6 cm³/mol. The monoisotopic (exact) mass is 346 g/mol. The Morgan fingerprint density at radius 1 is 1.04 bits per heavy atom. The third kappa shape index (κ3) is 3.94. The molecule has 0 spiro atoms. The van der Waals surface area contributed by atoms with Crippen molar-refractivity contribution in [1.29, 1.82) is 0 Å². The van der Waals surface area contributed by atoms with Gasteiger partial charge in [0.15, 0.2) is 0 Å². The molecule has 0 amide bonds.